The number of pyridine rings is 1. The number of nitrogens with one attached hydrogen (secondary N) is 1. The van der Waals surface area contributed by atoms with Crippen LogP contribution in [-0.4, -0.2) is 65.1 Å². The van der Waals surface area contributed by atoms with Crippen LogP contribution in [0.25, 0.3) is 17.0 Å². The molecule has 40 heavy (non-hydrogen) atoms. The Morgan fingerprint density at radius 2 is 1.88 bits per heavy atom. The number of anilines is 1. The number of rotatable bonds is 4. The molecule has 1 N–H and O–H groups in total. The average Bonchev–Trinajstić information content (AvgIpc) is 3.54. The summed E-state index contributed by atoms with van der Waals surface area (Å²) < 4.78 is 5.16. The van der Waals surface area contributed by atoms with Crippen LogP contribution < -0.4 is 10.2 Å². The van der Waals surface area contributed by atoms with Crippen molar-refractivity contribution in [3.8, 4) is 0 Å². The van der Waals surface area contributed by atoms with Crippen LogP contribution in [0, 0.1) is 0 Å². The molecule has 0 unspecified atom stereocenters. The molecule has 3 saturated heterocycles. The molecule has 9 nitrogen and oxygen atoms in total. The Kier molecular flexibility index (Phi) is 7.39. The molecule has 3 fully saturated rings. The fourth-order valence-electron chi connectivity index (χ4n) is 4.91. The topological polar surface area (TPSA) is 104 Å². The van der Waals surface area contributed by atoms with Crippen molar-refractivity contribution < 1.29 is 19.1 Å². The Hall–Kier alpha value is -3.60. The fourth-order valence-corrected chi connectivity index (χ4v) is 6.22. The van der Waals surface area contributed by atoms with Crippen molar-refractivity contribution in [1.82, 2.24) is 15.2 Å². The standard InChI is InChI=1S/C28H23Cl2N5O4S/c29-18-2-1-3-19(30)25(18)32-28-33-26(37)23(40-28)15-16-4-5-20-17(14-16)21(8-9-31-20)34-10-12-35(13-11-34)27(38)22-6-7-24(36)39-22/h1-5,8-9,14-15,22H,6-7,10-13H2,(H,32,33,37)/t22-/m0/s1. The summed E-state index contributed by atoms with van der Waals surface area (Å²) in [5, 5.41) is 4.91. The number of fused-ring (bicyclic) bond motifs is 1. The number of para-hydroxylation sites is 1. The van der Waals surface area contributed by atoms with Crippen molar-refractivity contribution in [3.05, 3.63) is 69.2 Å². The van der Waals surface area contributed by atoms with Crippen LogP contribution >= 0.6 is 35.0 Å². The zero-order valence-corrected chi connectivity index (χ0v) is 23.4. The third-order valence-electron chi connectivity index (χ3n) is 6.93. The van der Waals surface area contributed by atoms with Gasteiger partial charge >= 0.3 is 5.97 Å². The van der Waals surface area contributed by atoms with Gasteiger partial charge in [-0.2, -0.15) is 0 Å². The van der Waals surface area contributed by atoms with Crippen molar-refractivity contribution >= 4 is 86.3 Å². The van der Waals surface area contributed by atoms with Crippen molar-refractivity contribution in [3.63, 3.8) is 0 Å². The van der Waals surface area contributed by atoms with Gasteiger partial charge in [0.25, 0.3) is 11.8 Å². The van der Waals surface area contributed by atoms with E-state index in [0.717, 1.165) is 22.2 Å². The predicted octanol–water partition coefficient (Wildman–Crippen LogP) is 4.79. The number of carbonyl (C=O) groups is 3. The van der Waals surface area contributed by atoms with Crippen LogP contribution in [0.4, 0.5) is 11.4 Å². The van der Waals surface area contributed by atoms with Crippen LogP contribution in [0.5, 0.6) is 0 Å². The molecule has 3 aliphatic rings. The van der Waals surface area contributed by atoms with Crippen LogP contribution in [0.1, 0.15) is 18.4 Å². The second kappa shape index (κ2) is 11.1. The summed E-state index contributed by atoms with van der Waals surface area (Å²) in [7, 11) is 0. The summed E-state index contributed by atoms with van der Waals surface area (Å²) >= 11 is 13.7. The number of thioether (sulfide) groups is 1. The number of ether oxygens (including phenoxy) is 1. The maximum absolute atomic E-state index is 12.8. The minimum absolute atomic E-state index is 0.119. The number of piperazine rings is 1. The number of carbonyl (C=O) groups excluding carboxylic acids is 3. The number of amides is 2. The van der Waals surface area contributed by atoms with E-state index in [1.807, 2.05) is 30.3 Å². The summed E-state index contributed by atoms with van der Waals surface area (Å²) in [5.74, 6) is -0.689. The van der Waals surface area contributed by atoms with Crippen LogP contribution in [0.3, 0.4) is 0 Å². The lowest BCUT2D eigenvalue weighted by molar-refractivity contribution is -0.153. The zero-order chi connectivity index (χ0) is 27.8. The molecule has 2 amide bonds. The molecule has 0 radical (unpaired) electrons. The van der Waals surface area contributed by atoms with E-state index in [9.17, 15) is 14.4 Å². The second-order valence-electron chi connectivity index (χ2n) is 9.49. The molecule has 2 aromatic carbocycles. The number of hydrogen-bond donors (Lipinski definition) is 1. The number of halogens is 2. The highest BCUT2D eigenvalue weighted by Gasteiger charge is 2.34. The largest absolute Gasteiger partial charge is 0.452 e. The molecule has 0 bridgehead atoms. The van der Waals surface area contributed by atoms with Gasteiger partial charge < -0.3 is 19.9 Å². The molecule has 4 heterocycles. The van der Waals surface area contributed by atoms with Gasteiger partial charge in [0.05, 0.1) is 20.5 Å². The lowest BCUT2D eigenvalue weighted by Gasteiger charge is -2.37. The van der Waals surface area contributed by atoms with E-state index in [2.05, 4.69) is 20.2 Å². The molecule has 204 valence electrons. The number of benzene rings is 2. The van der Waals surface area contributed by atoms with Gasteiger partial charge in [0.15, 0.2) is 11.3 Å². The summed E-state index contributed by atoms with van der Waals surface area (Å²) in [6.45, 7) is 2.35. The smallest absolute Gasteiger partial charge is 0.306 e. The molecule has 0 saturated carbocycles. The van der Waals surface area contributed by atoms with Gasteiger partial charge in [0.1, 0.15) is 5.69 Å². The monoisotopic (exact) mass is 595 g/mol. The Bertz CT molecular complexity index is 1580. The van der Waals surface area contributed by atoms with Crippen molar-refractivity contribution in [1.29, 1.82) is 0 Å². The SMILES string of the molecule is O=C1CC[C@@H](C(=O)N2CCN(c3ccnc4ccc(C=C5SC(=Nc6c(Cl)cccc6Cl)NC5=O)cc34)CC2)O1. The summed E-state index contributed by atoms with van der Waals surface area (Å²) in [4.78, 5) is 50.3. The van der Waals surface area contributed by atoms with Gasteiger partial charge in [0, 0.05) is 56.3 Å². The Morgan fingerprint density at radius 1 is 1.10 bits per heavy atom. The van der Waals surface area contributed by atoms with Gasteiger partial charge in [-0.15, -0.1) is 0 Å². The fraction of sp³-hybridized carbons (Fsp3) is 0.250. The van der Waals surface area contributed by atoms with Crippen LogP contribution in [0.15, 0.2) is 58.6 Å². The highest BCUT2D eigenvalue weighted by Crippen LogP contribution is 2.36. The lowest BCUT2D eigenvalue weighted by Crippen LogP contribution is -2.51. The van der Waals surface area contributed by atoms with E-state index in [-0.39, 0.29) is 17.8 Å². The Balaban J connectivity index is 1.20. The predicted molar refractivity (Wildman–Crippen MR) is 157 cm³/mol. The summed E-state index contributed by atoms with van der Waals surface area (Å²) in [6, 6.07) is 12.9. The van der Waals surface area contributed by atoms with Gasteiger partial charge in [0.2, 0.25) is 0 Å². The Morgan fingerprint density at radius 3 is 2.60 bits per heavy atom. The Labute approximate surface area is 244 Å². The molecule has 1 atom stereocenters. The summed E-state index contributed by atoms with van der Waals surface area (Å²) in [5.41, 5.74) is 3.08. The minimum atomic E-state index is -0.658. The molecular weight excluding hydrogens is 573 g/mol. The van der Waals surface area contributed by atoms with E-state index >= 15 is 0 Å². The van der Waals surface area contributed by atoms with Gasteiger partial charge in [-0.1, -0.05) is 35.3 Å². The van der Waals surface area contributed by atoms with E-state index in [1.54, 1.807) is 29.3 Å². The normalized spacial score (nSPS) is 21.4. The summed E-state index contributed by atoms with van der Waals surface area (Å²) in [6.07, 6.45) is 3.67. The number of aromatic nitrogens is 1. The number of nitrogens with zero attached hydrogens (tertiary/aromatic N) is 4. The number of aliphatic imine (C=N–C) groups is 1. The highest BCUT2D eigenvalue weighted by molar-refractivity contribution is 8.18. The molecule has 0 spiro atoms. The maximum Gasteiger partial charge on any atom is 0.306 e. The molecule has 1 aromatic heterocycles. The van der Waals surface area contributed by atoms with Crippen LogP contribution in [0.2, 0.25) is 10.0 Å². The van der Waals surface area contributed by atoms with Crippen molar-refractivity contribution in [2.24, 2.45) is 4.99 Å². The molecule has 6 rings (SSSR count). The number of cyclic esters (lactones) is 1. The van der Waals surface area contributed by atoms with E-state index in [1.165, 1.54) is 11.8 Å². The number of esters is 1. The molecule has 3 aliphatic heterocycles. The first-order valence-electron chi connectivity index (χ1n) is 12.7. The first-order chi connectivity index (χ1) is 19.4. The average molecular weight is 596 g/mol. The number of amidine groups is 1. The highest BCUT2D eigenvalue weighted by atomic mass is 35.5. The first-order valence-corrected chi connectivity index (χ1v) is 14.3. The minimum Gasteiger partial charge on any atom is -0.452 e. The molecule has 3 aromatic rings. The van der Waals surface area contributed by atoms with Crippen LogP contribution in [-0.2, 0) is 19.1 Å². The molecular formula is C28H23Cl2N5O4S. The third kappa shape index (κ3) is 5.39. The first kappa shape index (κ1) is 26.6. The van der Waals surface area contributed by atoms with Gasteiger partial charge in [-0.3, -0.25) is 19.4 Å². The van der Waals surface area contributed by atoms with Gasteiger partial charge in [-0.05, 0) is 53.7 Å². The lowest BCUT2D eigenvalue weighted by atomic mass is 10.1. The van der Waals surface area contributed by atoms with E-state index < -0.39 is 6.10 Å². The van der Waals surface area contributed by atoms with Crippen molar-refractivity contribution in [2.45, 2.75) is 18.9 Å². The quantitative estimate of drug-likeness (QED) is 0.341. The zero-order valence-electron chi connectivity index (χ0n) is 21.1. The molecule has 0 aliphatic carbocycles. The maximum atomic E-state index is 12.8. The van der Waals surface area contributed by atoms with Crippen molar-refractivity contribution in [2.75, 3.05) is 31.1 Å². The van der Waals surface area contributed by atoms with E-state index in [0.29, 0.717) is 64.8 Å². The molecule has 12 heteroatoms. The second-order valence-corrected chi connectivity index (χ2v) is 11.3. The van der Waals surface area contributed by atoms with E-state index in [4.69, 9.17) is 27.9 Å². The third-order valence-corrected chi connectivity index (χ3v) is 8.45. The number of hydrogen-bond acceptors (Lipinski definition) is 8. The van der Waals surface area contributed by atoms with Gasteiger partial charge in [-0.25, -0.2) is 4.99 Å².